The van der Waals surface area contributed by atoms with Gasteiger partial charge >= 0.3 is 0 Å². The van der Waals surface area contributed by atoms with E-state index in [1.807, 2.05) is 24.5 Å². The summed E-state index contributed by atoms with van der Waals surface area (Å²) in [6.07, 6.45) is 9.49. The van der Waals surface area contributed by atoms with Gasteiger partial charge in [-0.2, -0.15) is 0 Å². The van der Waals surface area contributed by atoms with Gasteiger partial charge in [-0.25, -0.2) is 0 Å². The minimum absolute atomic E-state index is 0.854. The molecule has 0 amide bonds. The summed E-state index contributed by atoms with van der Waals surface area (Å²) in [7, 11) is 0. The van der Waals surface area contributed by atoms with E-state index in [-0.39, 0.29) is 0 Å². The lowest BCUT2D eigenvalue weighted by atomic mass is 9.89. The molecule has 4 heteroatoms. The normalized spacial score (nSPS) is 28.1. The van der Waals surface area contributed by atoms with Gasteiger partial charge in [0.05, 0.1) is 11.2 Å². The van der Waals surface area contributed by atoms with Crippen LogP contribution in [0.4, 0.5) is 5.69 Å². The quantitative estimate of drug-likeness (QED) is 0.913. The Kier molecular flexibility index (Phi) is 3.14. The molecule has 104 valence electrons. The molecule has 2 aliphatic rings. The maximum Gasteiger partial charge on any atom is 0.112 e. The highest BCUT2D eigenvalue weighted by atomic mass is 79.9. The Hall–Kier alpha value is -1.16. The van der Waals surface area contributed by atoms with Gasteiger partial charge < -0.3 is 5.32 Å². The van der Waals surface area contributed by atoms with Gasteiger partial charge in [0, 0.05) is 23.4 Å². The van der Waals surface area contributed by atoms with Crippen molar-refractivity contribution in [2.24, 2.45) is 17.8 Å². The fourth-order valence-electron chi connectivity index (χ4n) is 4.02. The predicted octanol–water partition coefficient (Wildman–Crippen LogP) is 4.24. The Morgan fingerprint density at radius 3 is 3.00 bits per heavy atom. The smallest absolute Gasteiger partial charge is 0.112 e. The molecule has 2 aromatic heterocycles. The number of nitrogens with zero attached hydrogens (tertiary/aromatic N) is 2. The molecule has 3 unspecified atom stereocenters. The lowest BCUT2D eigenvalue weighted by Crippen LogP contribution is -2.20. The topological polar surface area (TPSA) is 37.8 Å². The lowest BCUT2D eigenvalue weighted by Gasteiger charge is -2.22. The van der Waals surface area contributed by atoms with Gasteiger partial charge in [0.1, 0.15) is 5.52 Å². The Balaban J connectivity index is 1.54. The van der Waals surface area contributed by atoms with Crippen LogP contribution in [0.5, 0.6) is 0 Å². The third-order valence-corrected chi connectivity index (χ3v) is 5.42. The van der Waals surface area contributed by atoms with Crippen LogP contribution >= 0.6 is 15.9 Å². The molecular weight excluding hydrogens is 314 g/mol. The fourth-order valence-corrected chi connectivity index (χ4v) is 4.33. The van der Waals surface area contributed by atoms with Gasteiger partial charge in [-0.1, -0.05) is 6.42 Å². The molecule has 3 nitrogen and oxygen atoms in total. The van der Waals surface area contributed by atoms with E-state index in [1.54, 1.807) is 0 Å². The third-order valence-electron chi connectivity index (χ3n) is 4.98. The molecule has 4 rings (SSSR count). The minimum atomic E-state index is 0.854. The van der Waals surface area contributed by atoms with Crippen LogP contribution in [0.2, 0.25) is 0 Å². The Morgan fingerprint density at radius 1 is 1.25 bits per heavy atom. The molecule has 2 saturated carbocycles. The van der Waals surface area contributed by atoms with E-state index in [4.69, 9.17) is 0 Å². The first-order chi connectivity index (χ1) is 9.79. The van der Waals surface area contributed by atoms with E-state index in [1.165, 1.54) is 25.7 Å². The number of fused-ring (bicyclic) bond motifs is 3. The number of hydrogen-bond donors (Lipinski definition) is 1. The third kappa shape index (κ3) is 2.20. The van der Waals surface area contributed by atoms with Crippen molar-refractivity contribution in [1.82, 2.24) is 9.97 Å². The summed E-state index contributed by atoms with van der Waals surface area (Å²) in [4.78, 5) is 8.89. The zero-order valence-corrected chi connectivity index (χ0v) is 12.9. The van der Waals surface area contributed by atoms with Crippen molar-refractivity contribution in [3.63, 3.8) is 0 Å². The molecule has 2 aromatic rings. The largest absolute Gasteiger partial charge is 0.383 e. The highest BCUT2D eigenvalue weighted by molar-refractivity contribution is 9.10. The van der Waals surface area contributed by atoms with Crippen molar-refractivity contribution in [3.05, 3.63) is 29.0 Å². The second-order valence-corrected chi connectivity index (χ2v) is 7.11. The van der Waals surface area contributed by atoms with E-state index in [0.29, 0.717) is 0 Å². The van der Waals surface area contributed by atoms with Crippen molar-refractivity contribution in [2.45, 2.75) is 25.7 Å². The predicted molar refractivity (Wildman–Crippen MR) is 84.7 cm³/mol. The summed E-state index contributed by atoms with van der Waals surface area (Å²) in [5.41, 5.74) is 3.03. The molecule has 1 N–H and O–H groups in total. The van der Waals surface area contributed by atoms with Gasteiger partial charge in [0.2, 0.25) is 0 Å². The summed E-state index contributed by atoms with van der Waals surface area (Å²) in [6, 6.07) is 4.06. The second kappa shape index (κ2) is 4.99. The Labute approximate surface area is 127 Å². The fraction of sp³-hybridized carbons (Fsp3) is 0.500. The van der Waals surface area contributed by atoms with Crippen molar-refractivity contribution >= 4 is 32.7 Å². The standard InChI is InChI=1S/C16H18BrN3/c17-13-7-15-16(20-9-13)14(3-4-18-15)19-8-12-6-10-1-2-11(12)5-10/h3-4,7,9-12H,1-2,5-6,8H2,(H,18,19). The number of halogens is 1. The molecule has 2 fully saturated rings. The molecule has 20 heavy (non-hydrogen) atoms. The first-order valence-corrected chi connectivity index (χ1v) is 8.23. The summed E-state index contributed by atoms with van der Waals surface area (Å²) < 4.78 is 0.975. The van der Waals surface area contributed by atoms with Crippen molar-refractivity contribution in [3.8, 4) is 0 Å². The van der Waals surface area contributed by atoms with Crippen molar-refractivity contribution < 1.29 is 0 Å². The number of anilines is 1. The summed E-state index contributed by atoms with van der Waals surface area (Å²) in [5.74, 6) is 2.82. The van der Waals surface area contributed by atoms with E-state index >= 15 is 0 Å². The number of pyridine rings is 2. The zero-order chi connectivity index (χ0) is 13.5. The average molecular weight is 332 g/mol. The molecule has 3 atom stereocenters. The van der Waals surface area contributed by atoms with Crippen LogP contribution in [-0.4, -0.2) is 16.5 Å². The Morgan fingerprint density at radius 2 is 2.20 bits per heavy atom. The van der Waals surface area contributed by atoms with Gasteiger partial charge in [-0.3, -0.25) is 9.97 Å². The summed E-state index contributed by atoms with van der Waals surface area (Å²) in [6.45, 7) is 1.08. The number of nitrogens with one attached hydrogen (secondary N) is 1. The number of aromatic nitrogens is 2. The molecule has 0 spiro atoms. The van der Waals surface area contributed by atoms with Crippen LogP contribution < -0.4 is 5.32 Å². The maximum atomic E-state index is 4.50. The molecule has 2 bridgehead atoms. The van der Waals surface area contributed by atoms with E-state index in [2.05, 4.69) is 31.2 Å². The number of hydrogen-bond acceptors (Lipinski definition) is 3. The average Bonchev–Trinajstić information content (AvgIpc) is 3.07. The van der Waals surface area contributed by atoms with E-state index in [0.717, 1.165) is 45.5 Å². The van der Waals surface area contributed by atoms with Crippen molar-refractivity contribution in [2.75, 3.05) is 11.9 Å². The van der Waals surface area contributed by atoms with Crippen molar-refractivity contribution in [1.29, 1.82) is 0 Å². The van der Waals surface area contributed by atoms with Crippen LogP contribution in [0.15, 0.2) is 29.0 Å². The Bertz CT molecular complexity index is 643. The zero-order valence-electron chi connectivity index (χ0n) is 11.3. The highest BCUT2D eigenvalue weighted by Gasteiger charge is 2.39. The van der Waals surface area contributed by atoms with Gasteiger partial charge in [-0.05, 0) is 65.1 Å². The van der Waals surface area contributed by atoms with Gasteiger partial charge in [-0.15, -0.1) is 0 Å². The summed E-state index contributed by atoms with van der Waals surface area (Å²) >= 11 is 3.45. The minimum Gasteiger partial charge on any atom is -0.383 e. The van der Waals surface area contributed by atoms with Gasteiger partial charge in [0.25, 0.3) is 0 Å². The van der Waals surface area contributed by atoms with Crippen LogP contribution in [0.1, 0.15) is 25.7 Å². The SMILES string of the molecule is Brc1cnc2c(NCC3CC4CCC3C4)ccnc2c1. The lowest BCUT2D eigenvalue weighted by molar-refractivity contribution is 0.348. The van der Waals surface area contributed by atoms with Crippen LogP contribution in [0, 0.1) is 17.8 Å². The van der Waals surface area contributed by atoms with Crippen LogP contribution in [0.25, 0.3) is 11.0 Å². The molecular formula is C16H18BrN3. The molecule has 2 aliphatic carbocycles. The monoisotopic (exact) mass is 331 g/mol. The first-order valence-electron chi connectivity index (χ1n) is 7.44. The number of rotatable bonds is 3. The molecule has 2 heterocycles. The maximum absolute atomic E-state index is 4.50. The molecule has 0 aromatic carbocycles. The summed E-state index contributed by atoms with van der Waals surface area (Å²) in [5, 5.41) is 3.62. The molecule has 0 saturated heterocycles. The molecule has 0 radical (unpaired) electrons. The first kappa shape index (κ1) is 12.6. The second-order valence-electron chi connectivity index (χ2n) is 6.20. The van der Waals surface area contributed by atoms with Crippen LogP contribution in [-0.2, 0) is 0 Å². The van der Waals surface area contributed by atoms with Gasteiger partial charge in [0.15, 0.2) is 0 Å². The van der Waals surface area contributed by atoms with E-state index in [9.17, 15) is 0 Å². The highest BCUT2D eigenvalue weighted by Crippen LogP contribution is 2.48. The van der Waals surface area contributed by atoms with E-state index < -0.39 is 0 Å². The van der Waals surface area contributed by atoms with Crippen LogP contribution in [0.3, 0.4) is 0 Å². The molecule has 0 aliphatic heterocycles.